The van der Waals surface area contributed by atoms with Gasteiger partial charge in [0.2, 0.25) is 0 Å². The van der Waals surface area contributed by atoms with Gasteiger partial charge in [0.05, 0.1) is 0 Å². The molecule has 2 saturated heterocycles. The molecule has 6 nitrogen and oxygen atoms in total. The van der Waals surface area contributed by atoms with E-state index < -0.39 is 5.54 Å². The second kappa shape index (κ2) is 6.59. The summed E-state index contributed by atoms with van der Waals surface area (Å²) in [5.74, 6) is -0.126. The third-order valence-electron chi connectivity index (χ3n) is 4.54. The van der Waals surface area contributed by atoms with Crippen molar-refractivity contribution in [2.45, 2.75) is 25.9 Å². The summed E-state index contributed by atoms with van der Waals surface area (Å²) in [6.45, 7) is 9.75. The Hall–Kier alpha value is -1.44. The summed E-state index contributed by atoms with van der Waals surface area (Å²) < 4.78 is 0. The van der Waals surface area contributed by atoms with Gasteiger partial charge in [0.15, 0.2) is 0 Å². The van der Waals surface area contributed by atoms with Gasteiger partial charge in [-0.1, -0.05) is 0 Å². The van der Waals surface area contributed by atoms with Crippen molar-refractivity contribution in [3.8, 4) is 0 Å². The van der Waals surface area contributed by atoms with Crippen LogP contribution in [0, 0.1) is 0 Å². The van der Waals surface area contributed by atoms with Crippen LogP contribution in [0.1, 0.15) is 19.4 Å². The Bertz CT molecular complexity index is 565. The number of nitrogens with zero attached hydrogens (tertiary/aromatic N) is 3. The fourth-order valence-electron chi connectivity index (χ4n) is 3.07. The number of urea groups is 1. The smallest absolute Gasteiger partial charge is 0.324 e. The zero-order valence-electron chi connectivity index (χ0n) is 13.7. The minimum atomic E-state index is -0.768. The van der Waals surface area contributed by atoms with Crippen LogP contribution in [0.4, 0.5) is 4.79 Å². The largest absolute Gasteiger partial charge is 0.325 e. The van der Waals surface area contributed by atoms with Gasteiger partial charge in [-0.25, -0.2) is 4.79 Å². The van der Waals surface area contributed by atoms with Gasteiger partial charge in [0, 0.05) is 45.8 Å². The van der Waals surface area contributed by atoms with E-state index in [-0.39, 0.29) is 11.9 Å². The first-order chi connectivity index (χ1) is 11.0. The summed E-state index contributed by atoms with van der Waals surface area (Å²) >= 11 is 1.74. The predicted molar refractivity (Wildman–Crippen MR) is 90.4 cm³/mol. The Balaban J connectivity index is 1.43. The van der Waals surface area contributed by atoms with Crippen molar-refractivity contribution in [2.24, 2.45) is 0 Å². The zero-order valence-corrected chi connectivity index (χ0v) is 14.6. The molecule has 0 spiro atoms. The number of carbonyl (C=O) groups excluding carboxylic acids is 2. The molecule has 23 heavy (non-hydrogen) atoms. The van der Waals surface area contributed by atoms with E-state index >= 15 is 0 Å². The van der Waals surface area contributed by atoms with Crippen molar-refractivity contribution in [2.75, 3.05) is 39.3 Å². The topological polar surface area (TPSA) is 55.9 Å². The van der Waals surface area contributed by atoms with Crippen molar-refractivity contribution in [1.82, 2.24) is 20.0 Å². The number of hydrogen-bond donors (Lipinski definition) is 1. The molecule has 0 unspecified atom stereocenters. The van der Waals surface area contributed by atoms with E-state index in [1.807, 2.05) is 0 Å². The van der Waals surface area contributed by atoms with Crippen LogP contribution >= 0.6 is 11.3 Å². The summed E-state index contributed by atoms with van der Waals surface area (Å²) in [5.41, 5.74) is 0.612. The summed E-state index contributed by atoms with van der Waals surface area (Å²) in [4.78, 5) is 30.2. The standard InChI is InChI=1S/C16H24N4O2S/c1-16(2)14(21)20(15(22)17-16)9-8-18-4-6-19(7-5-18)11-13-3-10-23-12-13/h3,10,12H,4-9,11H2,1-2H3,(H,17,22). The van der Waals surface area contributed by atoms with Gasteiger partial charge >= 0.3 is 6.03 Å². The summed E-state index contributed by atoms with van der Waals surface area (Å²) in [6.07, 6.45) is 0. The molecule has 1 aromatic rings. The van der Waals surface area contributed by atoms with Crippen LogP contribution in [0.5, 0.6) is 0 Å². The third kappa shape index (κ3) is 3.73. The van der Waals surface area contributed by atoms with Gasteiger partial charge in [0.1, 0.15) is 5.54 Å². The second-order valence-electron chi connectivity index (χ2n) is 6.76. The van der Waals surface area contributed by atoms with Crippen molar-refractivity contribution in [3.63, 3.8) is 0 Å². The fraction of sp³-hybridized carbons (Fsp3) is 0.625. The molecule has 2 aliphatic heterocycles. The highest BCUT2D eigenvalue weighted by Crippen LogP contribution is 2.17. The molecule has 2 aliphatic rings. The highest BCUT2D eigenvalue weighted by molar-refractivity contribution is 7.07. The molecular weight excluding hydrogens is 312 g/mol. The average molecular weight is 336 g/mol. The average Bonchev–Trinajstić information content (AvgIpc) is 3.07. The SMILES string of the molecule is CC1(C)NC(=O)N(CCN2CCN(Cc3ccsc3)CC2)C1=O. The van der Waals surface area contributed by atoms with Crippen LogP contribution < -0.4 is 5.32 Å². The van der Waals surface area contributed by atoms with E-state index in [4.69, 9.17) is 0 Å². The molecule has 0 saturated carbocycles. The number of rotatable bonds is 5. The van der Waals surface area contributed by atoms with Crippen LogP contribution in [0.15, 0.2) is 16.8 Å². The normalized spacial score (nSPS) is 22.6. The van der Waals surface area contributed by atoms with Crippen LogP contribution in [0.25, 0.3) is 0 Å². The quantitative estimate of drug-likeness (QED) is 0.821. The van der Waals surface area contributed by atoms with E-state index in [2.05, 4.69) is 31.9 Å². The lowest BCUT2D eigenvalue weighted by atomic mass is 10.1. The van der Waals surface area contributed by atoms with Crippen molar-refractivity contribution < 1.29 is 9.59 Å². The third-order valence-corrected chi connectivity index (χ3v) is 5.27. The molecule has 2 fully saturated rings. The molecule has 3 amide bonds. The van der Waals surface area contributed by atoms with Crippen molar-refractivity contribution in [1.29, 1.82) is 0 Å². The first-order valence-corrected chi connectivity index (χ1v) is 9.00. The second-order valence-corrected chi connectivity index (χ2v) is 7.54. The van der Waals surface area contributed by atoms with E-state index in [1.165, 1.54) is 10.5 Å². The van der Waals surface area contributed by atoms with Gasteiger partial charge in [0.25, 0.3) is 5.91 Å². The maximum Gasteiger partial charge on any atom is 0.325 e. The number of nitrogens with one attached hydrogen (secondary N) is 1. The summed E-state index contributed by atoms with van der Waals surface area (Å²) in [5, 5.41) is 7.04. The molecule has 1 N–H and O–H groups in total. The number of thiophene rings is 1. The predicted octanol–water partition coefficient (Wildman–Crippen LogP) is 1.20. The Morgan fingerprint density at radius 3 is 2.39 bits per heavy atom. The summed E-state index contributed by atoms with van der Waals surface area (Å²) in [7, 11) is 0. The molecular formula is C16H24N4O2S. The lowest BCUT2D eigenvalue weighted by molar-refractivity contribution is -0.130. The number of hydrogen-bond acceptors (Lipinski definition) is 5. The van der Waals surface area contributed by atoms with E-state index in [9.17, 15) is 9.59 Å². The van der Waals surface area contributed by atoms with Crippen LogP contribution in [-0.4, -0.2) is 71.4 Å². The summed E-state index contributed by atoms with van der Waals surface area (Å²) in [6, 6.07) is 1.91. The molecule has 0 atom stereocenters. The highest BCUT2D eigenvalue weighted by atomic mass is 32.1. The minimum Gasteiger partial charge on any atom is -0.324 e. The maximum absolute atomic E-state index is 12.2. The number of carbonyl (C=O) groups is 2. The van der Waals surface area contributed by atoms with Gasteiger partial charge < -0.3 is 5.32 Å². The van der Waals surface area contributed by atoms with Gasteiger partial charge in [-0.15, -0.1) is 0 Å². The van der Waals surface area contributed by atoms with E-state index in [0.717, 1.165) is 39.3 Å². The molecule has 0 radical (unpaired) electrons. The number of amides is 3. The Kier molecular flexibility index (Phi) is 4.70. The lowest BCUT2D eigenvalue weighted by Crippen LogP contribution is -2.48. The number of piperazine rings is 1. The van der Waals surface area contributed by atoms with Crippen molar-refractivity contribution >= 4 is 23.3 Å². The Morgan fingerprint density at radius 2 is 1.83 bits per heavy atom. The molecule has 7 heteroatoms. The molecule has 0 bridgehead atoms. The van der Waals surface area contributed by atoms with Crippen molar-refractivity contribution in [3.05, 3.63) is 22.4 Å². The monoisotopic (exact) mass is 336 g/mol. The lowest BCUT2D eigenvalue weighted by Gasteiger charge is -2.35. The first kappa shape index (κ1) is 16.4. The molecule has 1 aromatic heterocycles. The number of imide groups is 1. The minimum absolute atomic E-state index is 0.126. The van der Waals surface area contributed by atoms with Crippen LogP contribution in [0.2, 0.25) is 0 Å². The van der Waals surface area contributed by atoms with Gasteiger partial charge in [-0.2, -0.15) is 11.3 Å². The fourth-order valence-corrected chi connectivity index (χ4v) is 3.73. The zero-order chi connectivity index (χ0) is 16.4. The molecule has 0 aromatic carbocycles. The molecule has 3 rings (SSSR count). The maximum atomic E-state index is 12.2. The molecule has 0 aliphatic carbocycles. The van der Waals surface area contributed by atoms with Crippen LogP contribution in [-0.2, 0) is 11.3 Å². The van der Waals surface area contributed by atoms with Gasteiger partial charge in [-0.05, 0) is 36.2 Å². The molecule has 3 heterocycles. The van der Waals surface area contributed by atoms with E-state index in [1.54, 1.807) is 25.2 Å². The highest BCUT2D eigenvalue weighted by Gasteiger charge is 2.43. The van der Waals surface area contributed by atoms with E-state index in [0.29, 0.717) is 6.54 Å². The Labute approximate surface area is 141 Å². The Morgan fingerprint density at radius 1 is 1.13 bits per heavy atom. The molecule has 126 valence electrons. The van der Waals surface area contributed by atoms with Crippen LogP contribution in [0.3, 0.4) is 0 Å². The first-order valence-electron chi connectivity index (χ1n) is 8.05. The van der Waals surface area contributed by atoms with Gasteiger partial charge in [-0.3, -0.25) is 19.5 Å².